The Bertz CT molecular complexity index is 628. The summed E-state index contributed by atoms with van der Waals surface area (Å²) in [6.45, 7) is 1.83. The molecule has 1 unspecified atom stereocenters. The van der Waals surface area contributed by atoms with Crippen molar-refractivity contribution in [3.63, 3.8) is 0 Å². The van der Waals surface area contributed by atoms with Gasteiger partial charge in [0.15, 0.2) is 5.37 Å². The number of amides is 1. The molecular weight excluding hydrogens is 364 g/mol. The minimum atomic E-state index is -0.490. The van der Waals surface area contributed by atoms with Crippen molar-refractivity contribution in [2.24, 2.45) is 0 Å². The highest BCUT2D eigenvalue weighted by atomic mass is 32.2. The number of esters is 1. The molecule has 0 bridgehead atoms. The number of hydrogen-bond donors (Lipinski definition) is 1. The fourth-order valence-corrected chi connectivity index (χ4v) is 4.83. The van der Waals surface area contributed by atoms with Crippen LogP contribution in [0.5, 0.6) is 0 Å². The molecule has 2 aliphatic rings. The van der Waals surface area contributed by atoms with E-state index in [-0.39, 0.29) is 24.0 Å². The first kappa shape index (κ1) is 20.2. The van der Waals surface area contributed by atoms with Crippen LogP contribution in [0, 0.1) is 0 Å². The molecule has 1 aromatic rings. The first-order valence-corrected chi connectivity index (χ1v) is 10.6. The standard InChI is InChI=1S/C20H28N2O4S/c1-25-20(24)19-22(12-13-27-19)18(23)10-11-21-16-8-5-9-17(16)26-14-15-6-3-2-4-7-15/h2-4,6-7,16-17,19,21H,5,8-14H2,1H3/t16-,17-,19?/m0/s1. The minimum Gasteiger partial charge on any atom is -0.467 e. The van der Waals surface area contributed by atoms with Crippen molar-refractivity contribution in [1.29, 1.82) is 0 Å². The predicted octanol–water partition coefficient (Wildman–Crippen LogP) is 2.18. The zero-order valence-electron chi connectivity index (χ0n) is 15.8. The largest absolute Gasteiger partial charge is 0.467 e. The van der Waals surface area contributed by atoms with Gasteiger partial charge in [0, 0.05) is 31.3 Å². The van der Waals surface area contributed by atoms with Crippen molar-refractivity contribution < 1.29 is 19.1 Å². The van der Waals surface area contributed by atoms with Crippen LogP contribution >= 0.6 is 11.8 Å². The number of nitrogens with one attached hydrogen (secondary N) is 1. The van der Waals surface area contributed by atoms with Crippen molar-refractivity contribution in [2.45, 2.75) is 49.8 Å². The maximum Gasteiger partial charge on any atom is 0.339 e. The van der Waals surface area contributed by atoms with E-state index in [1.807, 2.05) is 18.2 Å². The second-order valence-corrected chi connectivity index (χ2v) is 8.10. The molecule has 3 rings (SSSR count). The van der Waals surface area contributed by atoms with Crippen LogP contribution in [0.1, 0.15) is 31.2 Å². The zero-order valence-corrected chi connectivity index (χ0v) is 16.6. The van der Waals surface area contributed by atoms with Gasteiger partial charge >= 0.3 is 5.97 Å². The highest BCUT2D eigenvalue weighted by Crippen LogP contribution is 2.26. The van der Waals surface area contributed by atoms with Crippen LogP contribution in [0.25, 0.3) is 0 Å². The lowest BCUT2D eigenvalue weighted by atomic mass is 10.2. The number of carbonyl (C=O) groups excluding carboxylic acids is 2. The molecule has 6 nitrogen and oxygen atoms in total. The molecule has 1 saturated heterocycles. The summed E-state index contributed by atoms with van der Waals surface area (Å²) in [5.74, 6) is 0.434. The highest BCUT2D eigenvalue weighted by molar-refractivity contribution is 8.00. The summed E-state index contributed by atoms with van der Waals surface area (Å²) in [6, 6.07) is 10.5. The molecule has 3 atom stereocenters. The minimum absolute atomic E-state index is 0.00245. The van der Waals surface area contributed by atoms with Gasteiger partial charge < -0.3 is 19.7 Å². The van der Waals surface area contributed by atoms with Gasteiger partial charge in [-0.25, -0.2) is 4.79 Å². The monoisotopic (exact) mass is 392 g/mol. The molecule has 7 heteroatoms. The Hall–Kier alpha value is -1.57. The number of thioether (sulfide) groups is 1. The van der Waals surface area contributed by atoms with Crippen LogP contribution < -0.4 is 5.32 Å². The van der Waals surface area contributed by atoms with Crippen LogP contribution in [0.3, 0.4) is 0 Å². The fraction of sp³-hybridized carbons (Fsp3) is 0.600. The number of benzene rings is 1. The molecule has 1 aliphatic heterocycles. The predicted molar refractivity (Wildman–Crippen MR) is 105 cm³/mol. The lowest BCUT2D eigenvalue weighted by Crippen LogP contribution is -2.43. The third-order valence-electron chi connectivity index (χ3n) is 5.12. The third-order valence-corrected chi connectivity index (χ3v) is 6.30. The molecule has 1 saturated carbocycles. The quantitative estimate of drug-likeness (QED) is 0.684. The Balaban J connectivity index is 1.41. The van der Waals surface area contributed by atoms with E-state index in [1.54, 1.807) is 4.90 Å². The van der Waals surface area contributed by atoms with Crippen LogP contribution in [0.15, 0.2) is 30.3 Å². The van der Waals surface area contributed by atoms with Gasteiger partial charge in [-0.05, 0) is 24.8 Å². The van der Waals surface area contributed by atoms with Crippen molar-refractivity contribution in [2.75, 3.05) is 26.0 Å². The average molecular weight is 393 g/mol. The zero-order chi connectivity index (χ0) is 19.1. The first-order valence-electron chi connectivity index (χ1n) is 9.57. The Morgan fingerprint density at radius 1 is 1.26 bits per heavy atom. The number of nitrogens with zero attached hydrogens (tertiary/aromatic N) is 1. The molecular formula is C20H28N2O4S. The van der Waals surface area contributed by atoms with Crippen LogP contribution in [0.4, 0.5) is 0 Å². The molecule has 0 aromatic heterocycles. The maximum atomic E-state index is 12.5. The SMILES string of the molecule is COC(=O)C1SCCN1C(=O)CCN[C@H]1CCC[C@@H]1OCc1ccccc1. The fourth-order valence-electron chi connectivity index (χ4n) is 3.67. The third kappa shape index (κ3) is 5.46. The maximum absolute atomic E-state index is 12.5. The summed E-state index contributed by atoms with van der Waals surface area (Å²) in [4.78, 5) is 25.9. The van der Waals surface area contributed by atoms with E-state index in [4.69, 9.17) is 9.47 Å². The van der Waals surface area contributed by atoms with Crippen molar-refractivity contribution in [3.05, 3.63) is 35.9 Å². The molecule has 1 aliphatic carbocycles. The Kier molecular flexibility index (Phi) is 7.55. The van der Waals surface area contributed by atoms with Gasteiger partial charge in [-0.2, -0.15) is 0 Å². The van der Waals surface area contributed by atoms with E-state index in [0.717, 1.165) is 25.0 Å². The Labute approximate surface area is 165 Å². The summed E-state index contributed by atoms with van der Waals surface area (Å²) >= 11 is 1.47. The van der Waals surface area contributed by atoms with Gasteiger partial charge in [0.25, 0.3) is 0 Å². The molecule has 1 amide bonds. The molecule has 1 N–H and O–H groups in total. The topological polar surface area (TPSA) is 67.9 Å². The molecule has 0 spiro atoms. The molecule has 0 radical (unpaired) electrons. The van der Waals surface area contributed by atoms with E-state index in [1.165, 1.54) is 24.4 Å². The molecule has 1 aromatic carbocycles. The van der Waals surface area contributed by atoms with Gasteiger partial charge in [0.1, 0.15) is 0 Å². The number of carbonyl (C=O) groups is 2. The molecule has 27 heavy (non-hydrogen) atoms. The van der Waals surface area contributed by atoms with Gasteiger partial charge in [-0.1, -0.05) is 30.3 Å². The van der Waals surface area contributed by atoms with Crippen molar-refractivity contribution >= 4 is 23.6 Å². The normalized spacial score (nSPS) is 24.9. The summed E-state index contributed by atoms with van der Waals surface area (Å²) in [5.41, 5.74) is 1.18. The van der Waals surface area contributed by atoms with E-state index in [2.05, 4.69) is 17.4 Å². The Morgan fingerprint density at radius 2 is 2.07 bits per heavy atom. The lowest BCUT2D eigenvalue weighted by molar-refractivity contribution is -0.148. The molecule has 1 heterocycles. The number of rotatable bonds is 8. The van der Waals surface area contributed by atoms with Gasteiger partial charge in [0.2, 0.25) is 5.91 Å². The van der Waals surface area contributed by atoms with Crippen molar-refractivity contribution in [1.82, 2.24) is 10.2 Å². The number of hydrogen-bond acceptors (Lipinski definition) is 6. The van der Waals surface area contributed by atoms with Gasteiger partial charge in [-0.15, -0.1) is 11.8 Å². The summed E-state index contributed by atoms with van der Waals surface area (Å²) in [6.07, 6.45) is 3.82. The average Bonchev–Trinajstić information content (AvgIpc) is 3.36. The number of ether oxygens (including phenoxy) is 2. The van der Waals surface area contributed by atoms with E-state index < -0.39 is 5.37 Å². The smallest absolute Gasteiger partial charge is 0.339 e. The summed E-state index contributed by atoms with van der Waals surface area (Å²) < 4.78 is 10.9. The lowest BCUT2D eigenvalue weighted by Gasteiger charge is -2.24. The highest BCUT2D eigenvalue weighted by Gasteiger charge is 2.35. The molecule has 2 fully saturated rings. The van der Waals surface area contributed by atoms with E-state index >= 15 is 0 Å². The summed E-state index contributed by atoms with van der Waals surface area (Å²) in [5, 5.41) is 3.00. The first-order chi connectivity index (χ1) is 13.2. The van der Waals surface area contributed by atoms with Crippen LogP contribution in [-0.4, -0.2) is 60.2 Å². The second-order valence-electron chi connectivity index (χ2n) is 6.91. The second kappa shape index (κ2) is 10.1. The van der Waals surface area contributed by atoms with E-state index in [9.17, 15) is 9.59 Å². The summed E-state index contributed by atoms with van der Waals surface area (Å²) in [7, 11) is 1.36. The number of methoxy groups -OCH3 is 1. The Morgan fingerprint density at radius 3 is 2.85 bits per heavy atom. The van der Waals surface area contributed by atoms with Crippen LogP contribution in [0.2, 0.25) is 0 Å². The van der Waals surface area contributed by atoms with Crippen LogP contribution in [-0.2, 0) is 25.7 Å². The van der Waals surface area contributed by atoms with Gasteiger partial charge in [0.05, 0.1) is 19.8 Å². The van der Waals surface area contributed by atoms with Crippen molar-refractivity contribution in [3.8, 4) is 0 Å². The molecule has 148 valence electrons. The van der Waals surface area contributed by atoms with Gasteiger partial charge in [-0.3, -0.25) is 4.79 Å². The van der Waals surface area contributed by atoms with E-state index in [0.29, 0.717) is 26.1 Å².